The monoisotopic (exact) mass is 297 g/mol. The molecule has 0 unspecified atom stereocenters. The molecule has 0 amide bonds. The van der Waals surface area contributed by atoms with Gasteiger partial charge in [-0.2, -0.15) is 0 Å². The first-order valence-corrected chi connectivity index (χ1v) is 7.88. The number of benzene rings is 2. The summed E-state index contributed by atoms with van der Waals surface area (Å²) < 4.78 is 0. The van der Waals surface area contributed by atoms with Crippen LogP contribution >= 0.6 is 0 Å². The van der Waals surface area contributed by atoms with Crippen LogP contribution < -0.4 is 16.0 Å². The highest BCUT2D eigenvalue weighted by molar-refractivity contribution is 5.63. The fourth-order valence-electron chi connectivity index (χ4n) is 2.66. The van der Waals surface area contributed by atoms with Crippen molar-refractivity contribution in [2.24, 2.45) is 5.73 Å². The average Bonchev–Trinajstić information content (AvgIpc) is 2.49. The molecule has 0 atom stereocenters. The third kappa shape index (κ3) is 4.01. The molecule has 22 heavy (non-hydrogen) atoms. The molecule has 3 N–H and O–H groups in total. The fraction of sp³-hybridized carbons (Fsp3) is 0.368. The highest BCUT2D eigenvalue weighted by atomic mass is 15.2. The van der Waals surface area contributed by atoms with Gasteiger partial charge in [0.2, 0.25) is 0 Å². The van der Waals surface area contributed by atoms with Gasteiger partial charge in [0.05, 0.1) is 0 Å². The molecule has 0 aliphatic rings. The number of nitrogens with zero attached hydrogens (tertiary/aromatic N) is 1. The third-order valence-corrected chi connectivity index (χ3v) is 3.78. The Morgan fingerprint density at radius 1 is 0.909 bits per heavy atom. The molecule has 0 fully saturated rings. The predicted molar refractivity (Wildman–Crippen MR) is 96.8 cm³/mol. The number of hydrogen-bond acceptors (Lipinski definition) is 3. The third-order valence-electron chi connectivity index (χ3n) is 3.78. The van der Waals surface area contributed by atoms with Crippen molar-refractivity contribution in [1.29, 1.82) is 0 Å². The van der Waals surface area contributed by atoms with Crippen molar-refractivity contribution in [3.05, 3.63) is 54.1 Å². The van der Waals surface area contributed by atoms with Crippen LogP contribution in [0, 0.1) is 0 Å². The second-order valence-electron chi connectivity index (χ2n) is 6.49. The Labute approximate surface area is 134 Å². The molecule has 0 radical (unpaired) electrons. The molecule has 2 aromatic rings. The maximum Gasteiger partial charge on any atom is 0.0385 e. The smallest absolute Gasteiger partial charge is 0.0385 e. The molecule has 2 rings (SSSR count). The quantitative estimate of drug-likeness (QED) is 0.853. The zero-order valence-electron chi connectivity index (χ0n) is 14.1. The van der Waals surface area contributed by atoms with E-state index < -0.39 is 0 Å². The van der Waals surface area contributed by atoms with Crippen molar-refractivity contribution >= 4 is 17.1 Å². The lowest BCUT2D eigenvalue weighted by molar-refractivity contribution is 0.513. The summed E-state index contributed by atoms with van der Waals surface area (Å²) in [6, 6.07) is 16.8. The average molecular weight is 297 g/mol. The van der Waals surface area contributed by atoms with Gasteiger partial charge in [-0.15, -0.1) is 0 Å². The summed E-state index contributed by atoms with van der Waals surface area (Å²) in [6.45, 7) is 10.5. The normalized spacial score (nSPS) is 11.3. The van der Waals surface area contributed by atoms with Gasteiger partial charge in [0.25, 0.3) is 0 Å². The molecule has 0 saturated heterocycles. The Bertz CT molecular complexity index is 580. The molecule has 0 bridgehead atoms. The van der Waals surface area contributed by atoms with Crippen LogP contribution in [0.5, 0.6) is 0 Å². The van der Waals surface area contributed by atoms with Gasteiger partial charge in [-0.3, -0.25) is 0 Å². The molecule has 0 heterocycles. The Balaban J connectivity index is 2.11. The summed E-state index contributed by atoms with van der Waals surface area (Å²) in [7, 11) is 0. The maximum atomic E-state index is 5.62. The SMILES string of the molecule is CCN(c1ccc(Nc2ccc(CN)cc2)cc1)C(C)(C)C. The lowest BCUT2D eigenvalue weighted by Crippen LogP contribution is -2.41. The van der Waals surface area contributed by atoms with Crippen LogP contribution in [-0.4, -0.2) is 12.1 Å². The van der Waals surface area contributed by atoms with Crippen LogP contribution in [0.25, 0.3) is 0 Å². The first-order valence-electron chi connectivity index (χ1n) is 7.88. The van der Waals surface area contributed by atoms with Crippen molar-refractivity contribution in [3.63, 3.8) is 0 Å². The van der Waals surface area contributed by atoms with E-state index in [1.54, 1.807) is 0 Å². The number of nitrogens with one attached hydrogen (secondary N) is 1. The van der Waals surface area contributed by atoms with Crippen molar-refractivity contribution in [2.45, 2.75) is 39.8 Å². The van der Waals surface area contributed by atoms with Crippen molar-refractivity contribution in [3.8, 4) is 0 Å². The molecule has 2 aromatic carbocycles. The summed E-state index contributed by atoms with van der Waals surface area (Å²) in [4.78, 5) is 2.40. The predicted octanol–water partition coefficient (Wildman–Crippen LogP) is 4.51. The maximum absolute atomic E-state index is 5.62. The number of nitrogens with two attached hydrogens (primary N) is 1. The van der Waals surface area contributed by atoms with Gasteiger partial charge in [-0.25, -0.2) is 0 Å². The number of anilines is 3. The van der Waals surface area contributed by atoms with Crippen molar-refractivity contribution < 1.29 is 0 Å². The van der Waals surface area contributed by atoms with Gasteiger partial charge < -0.3 is 16.0 Å². The topological polar surface area (TPSA) is 41.3 Å². The largest absolute Gasteiger partial charge is 0.367 e. The number of hydrogen-bond donors (Lipinski definition) is 2. The lowest BCUT2D eigenvalue weighted by Gasteiger charge is -2.37. The van der Waals surface area contributed by atoms with E-state index in [-0.39, 0.29) is 5.54 Å². The highest BCUT2D eigenvalue weighted by Gasteiger charge is 2.19. The summed E-state index contributed by atoms with van der Waals surface area (Å²) in [5.41, 5.74) is 10.3. The number of rotatable bonds is 5. The van der Waals surface area contributed by atoms with Crippen LogP contribution in [0.4, 0.5) is 17.1 Å². The molecular weight excluding hydrogens is 270 g/mol. The van der Waals surface area contributed by atoms with Crippen LogP contribution in [0.2, 0.25) is 0 Å². The fourth-order valence-corrected chi connectivity index (χ4v) is 2.66. The van der Waals surface area contributed by atoms with Gasteiger partial charge in [-0.05, 0) is 69.7 Å². The van der Waals surface area contributed by atoms with E-state index in [1.165, 1.54) is 5.69 Å². The van der Waals surface area contributed by atoms with Crippen molar-refractivity contribution in [1.82, 2.24) is 0 Å². The van der Waals surface area contributed by atoms with Crippen LogP contribution in [0.15, 0.2) is 48.5 Å². The molecule has 3 heteroatoms. The van der Waals surface area contributed by atoms with E-state index in [0.29, 0.717) is 6.54 Å². The Morgan fingerprint density at radius 3 is 1.82 bits per heavy atom. The van der Waals surface area contributed by atoms with Gasteiger partial charge >= 0.3 is 0 Å². The Hall–Kier alpha value is -2.00. The summed E-state index contributed by atoms with van der Waals surface area (Å²) in [5.74, 6) is 0. The van der Waals surface area contributed by atoms with Crippen LogP contribution in [-0.2, 0) is 6.54 Å². The molecule has 3 nitrogen and oxygen atoms in total. The van der Waals surface area contributed by atoms with Crippen LogP contribution in [0.1, 0.15) is 33.3 Å². The Morgan fingerprint density at radius 2 is 1.41 bits per heavy atom. The lowest BCUT2D eigenvalue weighted by atomic mass is 10.0. The van der Waals surface area contributed by atoms with Gasteiger partial charge in [0.1, 0.15) is 0 Å². The zero-order valence-corrected chi connectivity index (χ0v) is 14.1. The molecule has 0 aromatic heterocycles. The Kier molecular flexibility index (Phi) is 5.09. The van der Waals surface area contributed by atoms with E-state index in [2.05, 4.69) is 86.4 Å². The first-order chi connectivity index (χ1) is 10.4. The van der Waals surface area contributed by atoms with Gasteiger partial charge in [0.15, 0.2) is 0 Å². The van der Waals surface area contributed by atoms with E-state index in [1.807, 2.05) is 0 Å². The van der Waals surface area contributed by atoms with Crippen molar-refractivity contribution in [2.75, 3.05) is 16.8 Å². The molecule has 118 valence electrons. The summed E-state index contributed by atoms with van der Waals surface area (Å²) in [5, 5.41) is 3.42. The molecule has 0 spiro atoms. The van der Waals surface area contributed by atoms with E-state index in [0.717, 1.165) is 23.5 Å². The second kappa shape index (κ2) is 6.84. The van der Waals surface area contributed by atoms with Gasteiger partial charge in [-0.1, -0.05) is 12.1 Å². The molecule has 0 saturated carbocycles. The highest BCUT2D eigenvalue weighted by Crippen LogP contribution is 2.26. The molecule has 0 aliphatic heterocycles. The minimum absolute atomic E-state index is 0.127. The van der Waals surface area contributed by atoms with E-state index in [4.69, 9.17) is 5.73 Å². The molecular formula is C19H27N3. The minimum Gasteiger partial charge on any atom is -0.367 e. The van der Waals surface area contributed by atoms with E-state index >= 15 is 0 Å². The summed E-state index contributed by atoms with van der Waals surface area (Å²) >= 11 is 0. The van der Waals surface area contributed by atoms with Gasteiger partial charge in [0, 0.05) is 35.7 Å². The van der Waals surface area contributed by atoms with E-state index in [9.17, 15) is 0 Å². The first kappa shape index (κ1) is 16.4. The zero-order chi connectivity index (χ0) is 16.2. The summed E-state index contributed by atoms with van der Waals surface area (Å²) in [6.07, 6.45) is 0. The minimum atomic E-state index is 0.127. The standard InChI is InChI=1S/C19H27N3/c1-5-22(19(2,3)4)18-12-10-17(11-13-18)21-16-8-6-15(14-20)7-9-16/h6-13,21H,5,14,20H2,1-4H3. The molecule has 0 aliphatic carbocycles. The second-order valence-corrected chi connectivity index (χ2v) is 6.49. The van der Waals surface area contributed by atoms with Crippen LogP contribution in [0.3, 0.4) is 0 Å².